The number of nitrogens with zero attached hydrogens (tertiary/aromatic N) is 6. The molecule has 2 amide bonds. The highest BCUT2D eigenvalue weighted by Crippen LogP contribution is 2.22. The summed E-state index contributed by atoms with van der Waals surface area (Å²) in [6, 6.07) is 0. The standard InChI is InChI=1S/C21H34N6O4/c1-14-20(16(3)26(7)22-14)30-12-18(28)24(5)10-9-11-25(6)19(29)13-31-21-15(2)23-27(8)17(21)4/h9-13H2,1-8H3. The highest BCUT2D eigenvalue weighted by Gasteiger charge is 2.17. The lowest BCUT2D eigenvalue weighted by atomic mass is 10.3. The van der Waals surface area contributed by atoms with Gasteiger partial charge in [0.25, 0.3) is 11.8 Å². The molecule has 2 aromatic rings. The first-order valence-corrected chi connectivity index (χ1v) is 10.3. The zero-order chi connectivity index (χ0) is 23.3. The van der Waals surface area contributed by atoms with Crippen molar-refractivity contribution < 1.29 is 19.1 Å². The molecule has 0 N–H and O–H groups in total. The van der Waals surface area contributed by atoms with Gasteiger partial charge in [-0.15, -0.1) is 0 Å². The minimum absolute atomic E-state index is 0.0453. The molecule has 0 saturated heterocycles. The predicted molar refractivity (Wildman–Crippen MR) is 116 cm³/mol. The van der Waals surface area contributed by atoms with Crippen LogP contribution in [0.3, 0.4) is 0 Å². The molecule has 0 spiro atoms. The summed E-state index contributed by atoms with van der Waals surface area (Å²) in [5, 5.41) is 8.56. The maximum Gasteiger partial charge on any atom is 0.260 e. The van der Waals surface area contributed by atoms with E-state index in [0.29, 0.717) is 31.0 Å². The van der Waals surface area contributed by atoms with Crippen LogP contribution in [0.2, 0.25) is 0 Å². The van der Waals surface area contributed by atoms with E-state index >= 15 is 0 Å². The van der Waals surface area contributed by atoms with Crippen LogP contribution in [-0.2, 0) is 23.7 Å². The largest absolute Gasteiger partial charge is 0.480 e. The number of carbonyl (C=O) groups excluding carboxylic acids is 2. The third-order valence-corrected chi connectivity index (χ3v) is 5.40. The van der Waals surface area contributed by atoms with Crippen molar-refractivity contribution in [1.82, 2.24) is 29.4 Å². The molecular formula is C21H34N6O4. The molecule has 172 valence electrons. The van der Waals surface area contributed by atoms with Crippen molar-refractivity contribution in [2.45, 2.75) is 34.1 Å². The van der Waals surface area contributed by atoms with Gasteiger partial charge in [-0.1, -0.05) is 0 Å². The number of carbonyl (C=O) groups is 2. The Morgan fingerprint density at radius 2 is 1.13 bits per heavy atom. The number of ether oxygens (including phenoxy) is 2. The van der Waals surface area contributed by atoms with E-state index in [1.807, 2.05) is 41.8 Å². The second-order valence-electron chi connectivity index (χ2n) is 7.81. The van der Waals surface area contributed by atoms with E-state index in [1.54, 1.807) is 33.3 Å². The maximum atomic E-state index is 12.3. The number of likely N-dealkylation sites (N-methyl/N-ethyl adjacent to an activating group) is 2. The Bertz CT molecular complexity index is 859. The fraction of sp³-hybridized carbons (Fsp3) is 0.619. The van der Waals surface area contributed by atoms with Crippen LogP contribution in [-0.4, -0.2) is 81.6 Å². The molecule has 0 atom stereocenters. The fourth-order valence-corrected chi connectivity index (χ4v) is 3.21. The molecule has 0 unspecified atom stereocenters. The third kappa shape index (κ3) is 5.99. The molecule has 10 nitrogen and oxygen atoms in total. The lowest BCUT2D eigenvalue weighted by Crippen LogP contribution is -2.36. The fourth-order valence-electron chi connectivity index (χ4n) is 3.21. The van der Waals surface area contributed by atoms with Gasteiger partial charge in [0, 0.05) is 41.3 Å². The summed E-state index contributed by atoms with van der Waals surface area (Å²) in [5.41, 5.74) is 3.28. The van der Waals surface area contributed by atoms with Crippen molar-refractivity contribution in [2.75, 3.05) is 40.4 Å². The molecule has 2 rings (SSSR count). The monoisotopic (exact) mass is 434 g/mol. The summed E-state index contributed by atoms with van der Waals surface area (Å²) >= 11 is 0. The van der Waals surface area contributed by atoms with Gasteiger partial charge in [0.1, 0.15) is 11.4 Å². The van der Waals surface area contributed by atoms with Crippen molar-refractivity contribution in [3.05, 3.63) is 22.8 Å². The molecule has 2 aromatic heterocycles. The van der Waals surface area contributed by atoms with E-state index in [2.05, 4.69) is 10.2 Å². The molecule has 0 radical (unpaired) electrons. The zero-order valence-electron chi connectivity index (χ0n) is 19.9. The summed E-state index contributed by atoms with van der Waals surface area (Å²) in [7, 11) is 7.14. The van der Waals surface area contributed by atoms with Crippen LogP contribution in [0.4, 0.5) is 0 Å². The molecule has 2 heterocycles. The lowest BCUT2D eigenvalue weighted by molar-refractivity contribution is -0.132. The molecular weight excluding hydrogens is 400 g/mol. The van der Waals surface area contributed by atoms with Crippen LogP contribution in [0, 0.1) is 27.7 Å². The smallest absolute Gasteiger partial charge is 0.260 e. The SMILES string of the molecule is Cc1nn(C)c(C)c1OCC(=O)N(C)CCCN(C)C(=O)COc1c(C)nn(C)c1C. The van der Waals surface area contributed by atoms with Crippen molar-refractivity contribution >= 4 is 11.8 Å². The lowest BCUT2D eigenvalue weighted by Gasteiger charge is -2.21. The van der Waals surface area contributed by atoms with Gasteiger partial charge in [-0.25, -0.2) is 0 Å². The van der Waals surface area contributed by atoms with E-state index < -0.39 is 0 Å². The summed E-state index contributed by atoms with van der Waals surface area (Å²) in [6.07, 6.45) is 0.653. The second-order valence-corrected chi connectivity index (χ2v) is 7.81. The molecule has 0 aromatic carbocycles. The first-order valence-electron chi connectivity index (χ1n) is 10.3. The average molecular weight is 435 g/mol. The Hall–Kier alpha value is -3.04. The van der Waals surface area contributed by atoms with Crippen LogP contribution < -0.4 is 9.47 Å². The first kappa shape index (κ1) is 24.2. The number of rotatable bonds is 10. The van der Waals surface area contributed by atoms with E-state index in [9.17, 15) is 9.59 Å². The summed E-state index contributed by atoms with van der Waals surface area (Å²) in [4.78, 5) is 27.9. The Morgan fingerprint density at radius 3 is 1.42 bits per heavy atom. The van der Waals surface area contributed by atoms with Gasteiger partial charge in [0.2, 0.25) is 0 Å². The number of aryl methyl sites for hydroxylation is 4. The molecule has 10 heteroatoms. The van der Waals surface area contributed by atoms with Crippen molar-refractivity contribution in [3.63, 3.8) is 0 Å². The van der Waals surface area contributed by atoms with E-state index in [0.717, 1.165) is 22.8 Å². The molecule has 0 aliphatic rings. The maximum absolute atomic E-state index is 12.3. The molecule has 0 bridgehead atoms. The minimum atomic E-state index is -0.123. The predicted octanol–water partition coefficient (Wildman–Crippen LogP) is 1.15. The first-order chi connectivity index (χ1) is 14.5. The van der Waals surface area contributed by atoms with Gasteiger partial charge >= 0.3 is 0 Å². The van der Waals surface area contributed by atoms with Crippen LogP contribution in [0.15, 0.2) is 0 Å². The molecule has 0 aliphatic heterocycles. The molecule has 31 heavy (non-hydrogen) atoms. The zero-order valence-corrected chi connectivity index (χ0v) is 19.9. The molecule has 0 fully saturated rings. The Morgan fingerprint density at radius 1 is 0.774 bits per heavy atom. The van der Waals surface area contributed by atoms with Crippen molar-refractivity contribution in [1.29, 1.82) is 0 Å². The quantitative estimate of drug-likeness (QED) is 0.557. The van der Waals surface area contributed by atoms with E-state index in [4.69, 9.17) is 9.47 Å². The third-order valence-electron chi connectivity index (χ3n) is 5.40. The summed E-state index contributed by atoms with van der Waals surface area (Å²) in [6.45, 7) is 8.45. The van der Waals surface area contributed by atoms with Crippen molar-refractivity contribution in [3.8, 4) is 11.5 Å². The van der Waals surface area contributed by atoms with Crippen LogP contribution in [0.1, 0.15) is 29.2 Å². The van der Waals surface area contributed by atoms with Gasteiger partial charge < -0.3 is 19.3 Å². The summed E-state index contributed by atoms with van der Waals surface area (Å²) < 4.78 is 14.8. The van der Waals surface area contributed by atoms with Gasteiger partial charge in [-0.3, -0.25) is 19.0 Å². The molecule has 0 aliphatic carbocycles. The van der Waals surface area contributed by atoms with Gasteiger partial charge in [-0.2, -0.15) is 10.2 Å². The second kappa shape index (κ2) is 10.3. The Balaban J connectivity index is 1.72. The van der Waals surface area contributed by atoms with Crippen LogP contribution in [0.25, 0.3) is 0 Å². The van der Waals surface area contributed by atoms with Gasteiger partial charge in [-0.05, 0) is 34.1 Å². The van der Waals surface area contributed by atoms with E-state index in [-0.39, 0.29) is 25.0 Å². The van der Waals surface area contributed by atoms with Gasteiger partial charge in [0.15, 0.2) is 24.7 Å². The Kier molecular flexibility index (Phi) is 8.07. The number of hydrogen-bond acceptors (Lipinski definition) is 6. The van der Waals surface area contributed by atoms with Gasteiger partial charge in [0.05, 0.1) is 11.4 Å². The average Bonchev–Trinajstić information content (AvgIpc) is 3.10. The van der Waals surface area contributed by atoms with E-state index in [1.165, 1.54) is 0 Å². The normalized spacial score (nSPS) is 10.8. The van der Waals surface area contributed by atoms with Crippen molar-refractivity contribution in [2.24, 2.45) is 14.1 Å². The summed E-state index contributed by atoms with van der Waals surface area (Å²) in [5.74, 6) is 1.05. The number of aromatic nitrogens is 4. The number of hydrogen-bond donors (Lipinski definition) is 0. The number of amides is 2. The minimum Gasteiger partial charge on any atom is -0.480 e. The highest BCUT2D eigenvalue weighted by atomic mass is 16.5. The topological polar surface area (TPSA) is 94.7 Å². The molecule has 0 saturated carbocycles. The van der Waals surface area contributed by atoms with Crippen LogP contribution in [0.5, 0.6) is 11.5 Å². The Labute approximate surface area is 183 Å². The van der Waals surface area contributed by atoms with Crippen LogP contribution >= 0.6 is 0 Å². The highest BCUT2D eigenvalue weighted by molar-refractivity contribution is 5.78.